The summed E-state index contributed by atoms with van der Waals surface area (Å²) < 4.78 is 16.8. The minimum absolute atomic E-state index is 0.120. The van der Waals surface area contributed by atoms with Crippen molar-refractivity contribution < 1.29 is 14.2 Å². The third-order valence-corrected chi connectivity index (χ3v) is 2.42. The molecule has 0 bridgehead atoms. The zero-order chi connectivity index (χ0) is 8.77. The van der Waals surface area contributed by atoms with E-state index in [0.717, 1.165) is 12.8 Å². The van der Waals surface area contributed by atoms with Crippen LogP contribution >= 0.6 is 0 Å². The van der Waals surface area contributed by atoms with Gasteiger partial charge in [0.1, 0.15) is 6.10 Å². The summed E-state index contributed by atoms with van der Waals surface area (Å²) in [6.45, 7) is 5.97. The summed E-state index contributed by atoms with van der Waals surface area (Å²) in [5, 5.41) is 0. The SMILES string of the molecule is CC[C@@H]1CC2OC(C)(C)O[C@H]2O1. The number of hydrogen-bond donors (Lipinski definition) is 0. The van der Waals surface area contributed by atoms with Gasteiger partial charge in [0.2, 0.25) is 0 Å². The van der Waals surface area contributed by atoms with E-state index in [4.69, 9.17) is 14.2 Å². The first-order valence-corrected chi connectivity index (χ1v) is 4.62. The quantitative estimate of drug-likeness (QED) is 0.602. The number of ether oxygens (including phenoxy) is 3. The average molecular weight is 172 g/mol. The lowest BCUT2D eigenvalue weighted by molar-refractivity contribution is -0.204. The highest BCUT2D eigenvalue weighted by Crippen LogP contribution is 2.37. The Kier molecular flexibility index (Phi) is 1.90. The van der Waals surface area contributed by atoms with E-state index < -0.39 is 5.79 Å². The molecule has 2 saturated heterocycles. The Balaban J connectivity index is 1.97. The monoisotopic (exact) mass is 172 g/mol. The first-order valence-electron chi connectivity index (χ1n) is 4.62. The number of fused-ring (bicyclic) bond motifs is 1. The summed E-state index contributed by atoms with van der Waals surface area (Å²) in [5.74, 6) is -0.450. The Morgan fingerprint density at radius 1 is 1.33 bits per heavy atom. The zero-order valence-electron chi connectivity index (χ0n) is 7.87. The minimum atomic E-state index is -0.450. The van der Waals surface area contributed by atoms with Crippen molar-refractivity contribution in [1.82, 2.24) is 0 Å². The van der Waals surface area contributed by atoms with Crippen LogP contribution in [0.1, 0.15) is 33.6 Å². The van der Waals surface area contributed by atoms with E-state index in [-0.39, 0.29) is 12.4 Å². The van der Waals surface area contributed by atoms with E-state index in [1.807, 2.05) is 13.8 Å². The number of hydrogen-bond acceptors (Lipinski definition) is 3. The van der Waals surface area contributed by atoms with Gasteiger partial charge in [0, 0.05) is 6.42 Å². The summed E-state index contributed by atoms with van der Waals surface area (Å²) in [5.41, 5.74) is 0. The van der Waals surface area contributed by atoms with Crippen molar-refractivity contribution in [2.45, 2.75) is 57.9 Å². The normalized spacial score (nSPS) is 44.8. The van der Waals surface area contributed by atoms with E-state index in [0.29, 0.717) is 6.10 Å². The maximum absolute atomic E-state index is 5.66. The average Bonchev–Trinajstić information content (AvgIpc) is 2.40. The standard InChI is InChI=1S/C9H16O3/c1-4-6-5-7-8(10-6)12-9(2,3)11-7/h6-8H,4-5H2,1-3H3/t6-,7?,8-/m1/s1. The van der Waals surface area contributed by atoms with Crippen molar-refractivity contribution in [3.63, 3.8) is 0 Å². The van der Waals surface area contributed by atoms with Crippen LogP contribution in [-0.2, 0) is 14.2 Å². The fraction of sp³-hybridized carbons (Fsp3) is 1.00. The lowest BCUT2D eigenvalue weighted by Crippen LogP contribution is -2.24. The highest BCUT2D eigenvalue weighted by Gasteiger charge is 2.47. The molecule has 12 heavy (non-hydrogen) atoms. The Labute approximate surface area is 73.0 Å². The summed E-state index contributed by atoms with van der Waals surface area (Å²) >= 11 is 0. The molecule has 0 aliphatic carbocycles. The molecule has 0 radical (unpaired) electrons. The van der Waals surface area contributed by atoms with Gasteiger partial charge >= 0.3 is 0 Å². The van der Waals surface area contributed by atoms with Crippen LogP contribution in [0, 0.1) is 0 Å². The maximum atomic E-state index is 5.66. The Hall–Kier alpha value is -0.120. The molecule has 2 aliphatic rings. The molecule has 0 N–H and O–H groups in total. The van der Waals surface area contributed by atoms with Crippen LogP contribution in [0.2, 0.25) is 0 Å². The molecule has 2 rings (SSSR count). The lowest BCUT2D eigenvalue weighted by Gasteiger charge is -2.19. The van der Waals surface area contributed by atoms with Crippen LogP contribution in [0.15, 0.2) is 0 Å². The van der Waals surface area contributed by atoms with Crippen molar-refractivity contribution in [3.8, 4) is 0 Å². The predicted molar refractivity (Wildman–Crippen MR) is 43.6 cm³/mol. The third-order valence-electron chi connectivity index (χ3n) is 2.42. The van der Waals surface area contributed by atoms with Crippen molar-refractivity contribution >= 4 is 0 Å². The molecular weight excluding hydrogens is 156 g/mol. The molecule has 70 valence electrons. The summed E-state index contributed by atoms with van der Waals surface area (Å²) in [6.07, 6.45) is 2.39. The zero-order valence-corrected chi connectivity index (χ0v) is 7.87. The highest BCUT2D eigenvalue weighted by molar-refractivity contribution is 4.84. The molecule has 0 saturated carbocycles. The van der Waals surface area contributed by atoms with E-state index in [1.54, 1.807) is 0 Å². The second-order valence-corrected chi connectivity index (χ2v) is 3.94. The van der Waals surface area contributed by atoms with Gasteiger partial charge in [0.25, 0.3) is 0 Å². The Bertz CT molecular complexity index is 163. The second-order valence-electron chi connectivity index (χ2n) is 3.94. The van der Waals surface area contributed by atoms with Gasteiger partial charge in [-0.25, -0.2) is 0 Å². The van der Waals surface area contributed by atoms with Crippen LogP contribution in [0.5, 0.6) is 0 Å². The smallest absolute Gasteiger partial charge is 0.187 e. The fourth-order valence-corrected chi connectivity index (χ4v) is 1.85. The van der Waals surface area contributed by atoms with E-state index in [9.17, 15) is 0 Å². The second kappa shape index (κ2) is 2.69. The van der Waals surface area contributed by atoms with Crippen molar-refractivity contribution in [1.29, 1.82) is 0 Å². The highest BCUT2D eigenvalue weighted by atomic mass is 16.8. The summed E-state index contributed by atoms with van der Waals surface area (Å²) in [7, 11) is 0. The van der Waals surface area contributed by atoms with Crippen LogP contribution in [0.25, 0.3) is 0 Å². The first-order chi connectivity index (χ1) is 5.61. The maximum Gasteiger partial charge on any atom is 0.187 e. The Morgan fingerprint density at radius 2 is 2.08 bits per heavy atom. The molecule has 1 unspecified atom stereocenters. The molecular formula is C9H16O3. The molecule has 2 heterocycles. The largest absolute Gasteiger partial charge is 0.346 e. The van der Waals surface area contributed by atoms with E-state index in [1.165, 1.54) is 0 Å². The topological polar surface area (TPSA) is 27.7 Å². The molecule has 3 nitrogen and oxygen atoms in total. The molecule has 0 aromatic rings. The van der Waals surface area contributed by atoms with E-state index in [2.05, 4.69) is 6.92 Å². The molecule has 2 aliphatic heterocycles. The van der Waals surface area contributed by atoms with E-state index >= 15 is 0 Å². The molecule has 2 fully saturated rings. The molecule has 0 aromatic carbocycles. The van der Waals surface area contributed by atoms with Gasteiger partial charge in [-0.3, -0.25) is 0 Å². The minimum Gasteiger partial charge on any atom is -0.346 e. The van der Waals surface area contributed by atoms with Gasteiger partial charge in [-0.15, -0.1) is 0 Å². The van der Waals surface area contributed by atoms with Crippen molar-refractivity contribution in [2.75, 3.05) is 0 Å². The molecule has 0 amide bonds. The first kappa shape index (κ1) is 8.48. The van der Waals surface area contributed by atoms with Gasteiger partial charge in [-0.2, -0.15) is 0 Å². The van der Waals surface area contributed by atoms with Gasteiger partial charge < -0.3 is 14.2 Å². The van der Waals surface area contributed by atoms with Gasteiger partial charge in [0.15, 0.2) is 12.1 Å². The lowest BCUT2D eigenvalue weighted by atomic mass is 10.2. The van der Waals surface area contributed by atoms with Gasteiger partial charge in [0.05, 0.1) is 6.10 Å². The Morgan fingerprint density at radius 3 is 2.67 bits per heavy atom. The van der Waals surface area contributed by atoms with Gasteiger partial charge in [-0.1, -0.05) is 6.92 Å². The predicted octanol–water partition coefficient (Wildman–Crippen LogP) is 1.66. The van der Waals surface area contributed by atoms with Crippen molar-refractivity contribution in [2.24, 2.45) is 0 Å². The summed E-state index contributed by atoms with van der Waals surface area (Å²) in [6, 6.07) is 0. The fourth-order valence-electron chi connectivity index (χ4n) is 1.85. The third kappa shape index (κ3) is 1.37. The summed E-state index contributed by atoms with van der Waals surface area (Å²) in [4.78, 5) is 0. The molecule has 3 atom stereocenters. The van der Waals surface area contributed by atoms with Crippen LogP contribution < -0.4 is 0 Å². The van der Waals surface area contributed by atoms with Crippen molar-refractivity contribution in [3.05, 3.63) is 0 Å². The van der Waals surface area contributed by atoms with Crippen LogP contribution in [-0.4, -0.2) is 24.3 Å². The number of rotatable bonds is 1. The van der Waals surface area contributed by atoms with Gasteiger partial charge in [-0.05, 0) is 20.3 Å². The molecule has 0 spiro atoms. The van der Waals surface area contributed by atoms with Crippen LogP contribution in [0.3, 0.4) is 0 Å². The molecule has 3 heteroatoms. The molecule has 0 aromatic heterocycles. The van der Waals surface area contributed by atoms with Crippen LogP contribution in [0.4, 0.5) is 0 Å².